The molecule has 7 nitrogen and oxygen atoms in total. The fourth-order valence-electron chi connectivity index (χ4n) is 2.40. The van der Waals surface area contributed by atoms with Gasteiger partial charge in [0.25, 0.3) is 0 Å². The first-order valence-electron chi connectivity index (χ1n) is 6.55. The first kappa shape index (κ1) is 12.9. The van der Waals surface area contributed by atoms with Gasteiger partial charge in [0.2, 0.25) is 0 Å². The second-order valence-electron chi connectivity index (χ2n) is 5.00. The molecule has 2 aromatic rings. The zero-order valence-corrected chi connectivity index (χ0v) is 11.0. The first-order valence-corrected chi connectivity index (χ1v) is 6.55. The standard InChI is InChI=1S/C13H16N4O3/c18-12(19)13(3-7-20-8-4-13)9-14-10-2-6-17-11(16-10)1-5-15-17/h1-2,5-6H,3-4,7-9H2,(H,14,16)(H,18,19). The van der Waals surface area contributed by atoms with E-state index in [4.69, 9.17) is 4.74 Å². The molecule has 20 heavy (non-hydrogen) atoms. The Morgan fingerprint density at radius 3 is 3.00 bits per heavy atom. The van der Waals surface area contributed by atoms with Crippen molar-refractivity contribution in [3.8, 4) is 0 Å². The van der Waals surface area contributed by atoms with Crippen molar-refractivity contribution >= 4 is 17.4 Å². The molecule has 1 aliphatic heterocycles. The van der Waals surface area contributed by atoms with Gasteiger partial charge in [-0.1, -0.05) is 0 Å². The van der Waals surface area contributed by atoms with Crippen molar-refractivity contribution in [3.05, 3.63) is 24.5 Å². The number of fused-ring (bicyclic) bond motifs is 1. The van der Waals surface area contributed by atoms with Gasteiger partial charge in [0.05, 0.1) is 11.6 Å². The smallest absolute Gasteiger partial charge is 0.311 e. The van der Waals surface area contributed by atoms with Crippen LogP contribution < -0.4 is 5.32 Å². The second-order valence-corrected chi connectivity index (χ2v) is 5.00. The van der Waals surface area contributed by atoms with E-state index in [0.29, 0.717) is 38.4 Å². The maximum atomic E-state index is 11.5. The van der Waals surface area contributed by atoms with Crippen LogP contribution in [0.3, 0.4) is 0 Å². The summed E-state index contributed by atoms with van der Waals surface area (Å²) < 4.78 is 6.92. The summed E-state index contributed by atoms with van der Waals surface area (Å²) in [5.74, 6) is -0.121. The molecule has 106 valence electrons. The predicted octanol–water partition coefficient (Wildman–Crippen LogP) is 1.02. The molecule has 7 heteroatoms. The van der Waals surface area contributed by atoms with Crippen LogP contribution >= 0.6 is 0 Å². The molecule has 1 aliphatic rings. The summed E-state index contributed by atoms with van der Waals surface area (Å²) in [6, 6.07) is 3.58. The third kappa shape index (κ3) is 2.32. The summed E-state index contributed by atoms with van der Waals surface area (Å²) in [6.45, 7) is 1.33. The maximum absolute atomic E-state index is 11.5. The van der Waals surface area contributed by atoms with E-state index in [2.05, 4.69) is 15.4 Å². The number of carboxylic acids is 1. The zero-order chi connectivity index (χ0) is 14.0. The highest BCUT2D eigenvalue weighted by Gasteiger charge is 2.40. The summed E-state index contributed by atoms with van der Waals surface area (Å²) in [6.07, 6.45) is 4.50. The molecule has 1 fully saturated rings. The minimum absolute atomic E-state index is 0.350. The predicted molar refractivity (Wildman–Crippen MR) is 71.6 cm³/mol. The lowest BCUT2D eigenvalue weighted by Gasteiger charge is -2.33. The SMILES string of the molecule is O=C(O)C1(CNc2ccn3nccc3n2)CCOCC1. The first-order chi connectivity index (χ1) is 9.70. The van der Waals surface area contributed by atoms with Crippen LogP contribution in [0.4, 0.5) is 5.82 Å². The van der Waals surface area contributed by atoms with E-state index in [0.717, 1.165) is 5.65 Å². The molecule has 1 saturated heterocycles. The van der Waals surface area contributed by atoms with Gasteiger partial charge in [0.15, 0.2) is 5.65 Å². The Kier molecular flexibility index (Phi) is 3.27. The van der Waals surface area contributed by atoms with Crippen LogP contribution in [0.15, 0.2) is 24.5 Å². The topological polar surface area (TPSA) is 88.8 Å². The van der Waals surface area contributed by atoms with Gasteiger partial charge in [0, 0.05) is 32.0 Å². The number of carbonyl (C=O) groups is 1. The molecule has 2 N–H and O–H groups in total. The normalized spacial score (nSPS) is 18.0. The van der Waals surface area contributed by atoms with Gasteiger partial charge in [-0.2, -0.15) is 5.10 Å². The molecule has 0 spiro atoms. The van der Waals surface area contributed by atoms with Crippen LogP contribution in [0.2, 0.25) is 0 Å². The van der Waals surface area contributed by atoms with E-state index in [9.17, 15) is 9.90 Å². The van der Waals surface area contributed by atoms with E-state index in [1.54, 1.807) is 29.0 Å². The van der Waals surface area contributed by atoms with E-state index in [-0.39, 0.29) is 0 Å². The van der Waals surface area contributed by atoms with Crippen molar-refractivity contribution < 1.29 is 14.6 Å². The minimum atomic E-state index is -0.779. The Bertz CT molecular complexity index is 619. The molecule has 0 radical (unpaired) electrons. The van der Waals surface area contributed by atoms with Crippen LogP contribution in [-0.4, -0.2) is 45.4 Å². The van der Waals surface area contributed by atoms with Gasteiger partial charge in [-0.05, 0) is 18.9 Å². The Balaban J connectivity index is 1.74. The molecular formula is C13H16N4O3. The molecule has 0 aliphatic carbocycles. The Morgan fingerprint density at radius 1 is 1.45 bits per heavy atom. The van der Waals surface area contributed by atoms with Crippen LogP contribution in [0.1, 0.15) is 12.8 Å². The maximum Gasteiger partial charge on any atom is 0.311 e. The van der Waals surface area contributed by atoms with Crippen LogP contribution in [0, 0.1) is 5.41 Å². The fraction of sp³-hybridized carbons (Fsp3) is 0.462. The summed E-state index contributed by atoms with van der Waals surface area (Å²) in [5.41, 5.74) is -0.0434. The zero-order valence-electron chi connectivity index (χ0n) is 11.0. The summed E-state index contributed by atoms with van der Waals surface area (Å²) in [7, 11) is 0. The lowest BCUT2D eigenvalue weighted by Crippen LogP contribution is -2.42. The van der Waals surface area contributed by atoms with E-state index in [1.807, 2.05) is 0 Å². The largest absolute Gasteiger partial charge is 0.481 e. The van der Waals surface area contributed by atoms with Gasteiger partial charge in [-0.15, -0.1) is 0 Å². The average Bonchev–Trinajstić information content (AvgIpc) is 2.93. The lowest BCUT2D eigenvalue weighted by molar-refractivity contribution is -0.153. The molecule has 0 saturated carbocycles. The molecule has 0 aromatic carbocycles. The van der Waals surface area contributed by atoms with Gasteiger partial charge in [-0.25, -0.2) is 9.50 Å². The van der Waals surface area contributed by atoms with Crippen molar-refractivity contribution in [1.29, 1.82) is 0 Å². The number of hydrogen-bond donors (Lipinski definition) is 2. The Morgan fingerprint density at radius 2 is 2.25 bits per heavy atom. The monoisotopic (exact) mass is 276 g/mol. The van der Waals surface area contributed by atoms with E-state index < -0.39 is 11.4 Å². The highest BCUT2D eigenvalue weighted by atomic mass is 16.5. The Labute approximate surface area is 115 Å². The van der Waals surface area contributed by atoms with Crippen LogP contribution in [0.5, 0.6) is 0 Å². The molecule has 0 amide bonds. The minimum Gasteiger partial charge on any atom is -0.481 e. The highest BCUT2D eigenvalue weighted by Crippen LogP contribution is 2.31. The van der Waals surface area contributed by atoms with Crippen molar-refractivity contribution in [1.82, 2.24) is 14.6 Å². The molecular weight excluding hydrogens is 260 g/mol. The van der Waals surface area contributed by atoms with Gasteiger partial charge >= 0.3 is 5.97 Å². The lowest BCUT2D eigenvalue weighted by atomic mass is 9.80. The van der Waals surface area contributed by atoms with Gasteiger partial charge in [0.1, 0.15) is 5.82 Å². The number of ether oxygens (including phenoxy) is 1. The quantitative estimate of drug-likeness (QED) is 0.866. The number of rotatable bonds is 4. The number of hydrogen-bond acceptors (Lipinski definition) is 5. The van der Waals surface area contributed by atoms with Crippen molar-refractivity contribution in [2.75, 3.05) is 25.1 Å². The van der Waals surface area contributed by atoms with Gasteiger partial charge in [-0.3, -0.25) is 4.79 Å². The molecule has 0 bridgehead atoms. The van der Waals surface area contributed by atoms with Crippen molar-refractivity contribution in [2.24, 2.45) is 5.41 Å². The van der Waals surface area contributed by atoms with E-state index in [1.165, 1.54) is 0 Å². The van der Waals surface area contributed by atoms with Crippen molar-refractivity contribution in [3.63, 3.8) is 0 Å². The number of anilines is 1. The number of nitrogens with one attached hydrogen (secondary N) is 1. The van der Waals surface area contributed by atoms with Crippen molar-refractivity contribution in [2.45, 2.75) is 12.8 Å². The number of carboxylic acid groups (broad SMARTS) is 1. The molecule has 3 rings (SSSR count). The van der Waals surface area contributed by atoms with Crippen LogP contribution in [0.25, 0.3) is 5.65 Å². The average molecular weight is 276 g/mol. The third-order valence-corrected chi connectivity index (χ3v) is 3.77. The molecule has 3 heterocycles. The second kappa shape index (κ2) is 5.09. The highest BCUT2D eigenvalue weighted by molar-refractivity contribution is 5.75. The number of aromatic nitrogens is 3. The molecule has 0 unspecified atom stereocenters. The number of nitrogens with zero attached hydrogens (tertiary/aromatic N) is 3. The molecule has 0 atom stereocenters. The Hall–Kier alpha value is -2.15. The molecule has 2 aromatic heterocycles. The van der Waals surface area contributed by atoms with Crippen LogP contribution in [-0.2, 0) is 9.53 Å². The fourth-order valence-corrected chi connectivity index (χ4v) is 2.40. The summed E-state index contributed by atoms with van der Waals surface area (Å²) in [4.78, 5) is 15.9. The summed E-state index contributed by atoms with van der Waals surface area (Å²) in [5, 5.41) is 16.7. The summed E-state index contributed by atoms with van der Waals surface area (Å²) >= 11 is 0. The van der Waals surface area contributed by atoms with E-state index >= 15 is 0 Å². The van der Waals surface area contributed by atoms with Gasteiger partial charge < -0.3 is 15.2 Å². The third-order valence-electron chi connectivity index (χ3n) is 3.77. The number of aliphatic carboxylic acids is 1.